The fraction of sp³-hybridized carbons (Fsp3) is 0.136. The van der Waals surface area contributed by atoms with Crippen molar-refractivity contribution in [3.05, 3.63) is 77.6 Å². The van der Waals surface area contributed by atoms with Crippen molar-refractivity contribution >= 4 is 35.1 Å². The standard InChI is InChI=1S/C22H21N3O3/c1-15(27)24-21(11-16-7-3-2-4-8-16)22(28)25-18(14-26)12-17-13-23-20-10-6-5-9-19(17)20/h2-11,13-14,18,23H,12H2,1H3,(H,24,27)(H,25,28)/b21-11+. The lowest BCUT2D eigenvalue weighted by molar-refractivity contribution is -0.123. The molecule has 1 atom stereocenters. The summed E-state index contributed by atoms with van der Waals surface area (Å²) in [7, 11) is 0. The van der Waals surface area contributed by atoms with Gasteiger partial charge in [-0.1, -0.05) is 48.5 Å². The molecule has 6 heteroatoms. The lowest BCUT2D eigenvalue weighted by Crippen LogP contribution is -2.41. The van der Waals surface area contributed by atoms with Crippen molar-refractivity contribution in [2.75, 3.05) is 0 Å². The summed E-state index contributed by atoms with van der Waals surface area (Å²) in [5.74, 6) is -0.882. The van der Waals surface area contributed by atoms with Crippen LogP contribution in [0, 0.1) is 0 Å². The minimum Gasteiger partial charge on any atom is -0.361 e. The summed E-state index contributed by atoms with van der Waals surface area (Å²) in [6, 6.07) is 16.2. The van der Waals surface area contributed by atoms with Crippen LogP contribution in [0.1, 0.15) is 18.1 Å². The number of para-hydroxylation sites is 1. The molecule has 1 unspecified atom stereocenters. The molecule has 0 fully saturated rings. The predicted molar refractivity (Wildman–Crippen MR) is 108 cm³/mol. The van der Waals surface area contributed by atoms with E-state index in [0.717, 1.165) is 22.0 Å². The van der Waals surface area contributed by atoms with Crippen LogP contribution < -0.4 is 10.6 Å². The molecule has 0 spiro atoms. The van der Waals surface area contributed by atoms with Gasteiger partial charge >= 0.3 is 0 Å². The van der Waals surface area contributed by atoms with E-state index in [1.807, 2.05) is 60.8 Å². The lowest BCUT2D eigenvalue weighted by atomic mass is 10.1. The molecule has 2 amide bonds. The molecular weight excluding hydrogens is 354 g/mol. The van der Waals surface area contributed by atoms with Gasteiger partial charge in [-0.25, -0.2) is 0 Å². The molecule has 0 aliphatic carbocycles. The molecule has 1 heterocycles. The third-order valence-electron chi connectivity index (χ3n) is 4.26. The summed E-state index contributed by atoms with van der Waals surface area (Å²) >= 11 is 0. The fourth-order valence-corrected chi connectivity index (χ4v) is 2.98. The second kappa shape index (κ2) is 8.81. The molecule has 0 aliphatic rings. The summed E-state index contributed by atoms with van der Waals surface area (Å²) < 4.78 is 0. The number of carbonyl (C=O) groups excluding carboxylic acids is 3. The van der Waals surface area contributed by atoms with Gasteiger partial charge in [0.15, 0.2) is 0 Å². The van der Waals surface area contributed by atoms with Crippen LogP contribution in [0.2, 0.25) is 0 Å². The molecule has 0 radical (unpaired) electrons. The number of H-pyrrole nitrogens is 1. The summed E-state index contributed by atoms with van der Waals surface area (Å²) in [4.78, 5) is 38.9. The zero-order chi connectivity index (χ0) is 19.9. The maximum Gasteiger partial charge on any atom is 0.268 e. The zero-order valence-electron chi connectivity index (χ0n) is 15.4. The van der Waals surface area contributed by atoms with E-state index < -0.39 is 11.9 Å². The van der Waals surface area contributed by atoms with E-state index in [4.69, 9.17) is 0 Å². The van der Waals surface area contributed by atoms with E-state index >= 15 is 0 Å². The van der Waals surface area contributed by atoms with Crippen molar-refractivity contribution < 1.29 is 14.4 Å². The van der Waals surface area contributed by atoms with Gasteiger partial charge in [-0.05, 0) is 23.3 Å². The average Bonchev–Trinajstić information content (AvgIpc) is 3.10. The Balaban J connectivity index is 1.78. The molecule has 0 saturated carbocycles. The van der Waals surface area contributed by atoms with Crippen LogP contribution >= 0.6 is 0 Å². The highest BCUT2D eigenvalue weighted by molar-refractivity contribution is 6.01. The molecular formula is C22H21N3O3. The summed E-state index contributed by atoms with van der Waals surface area (Å²) in [5.41, 5.74) is 2.75. The summed E-state index contributed by atoms with van der Waals surface area (Å²) in [6.07, 6.45) is 4.46. The van der Waals surface area contributed by atoms with Gasteiger partial charge in [-0.3, -0.25) is 9.59 Å². The van der Waals surface area contributed by atoms with E-state index in [9.17, 15) is 14.4 Å². The Morgan fingerprint density at radius 3 is 2.50 bits per heavy atom. The first-order chi connectivity index (χ1) is 13.6. The van der Waals surface area contributed by atoms with E-state index in [2.05, 4.69) is 15.6 Å². The number of carbonyl (C=O) groups is 3. The second-order valence-electron chi connectivity index (χ2n) is 6.43. The van der Waals surface area contributed by atoms with Crippen molar-refractivity contribution in [3.8, 4) is 0 Å². The minimum absolute atomic E-state index is 0.0875. The molecule has 0 aliphatic heterocycles. The first-order valence-electron chi connectivity index (χ1n) is 8.92. The summed E-state index contributed by atoms with van der Waals surface area (Å²) in [5, 5.41) is 6.23. The van der Waals surface area contributed by atoms with E-state index in [0.29, 0.717) is 12.7 Å². The van der Waals surface area contributed by atoms with Crippen LogP contribution in [0.15, 0.2) is 66.5 Å². The SMILES string of the molecule is CC(=O)N/C(=C/c1ccccc1)C(=O)NC(C=O)Cc1c[nH]c2ccccc12. The van der Waals surface area contributed by atoms with Crippen LogP contribution in [-0.2, 0) is 20.8 Å². The van der Waals surface area contributed by atoms with Gasteiger partial charge in [0.05, 0.1) is 6.04 Å². The Kier molecular flexibility index (Phi) is 6.01. The van der Waals surface area contributed by atoms with Crippen LogP contribution in [0.5, 0.6) is 0 Å². The van der Waals surface area contributed by atoms with Gasteiger partial charge in [0.2, 0.25) is 5.91 Å². The van der Waals surface area contributed by atoms with E-state index in [-0.39, 0.29) is 11.6 Å². The lowest BCUT2D eigenvalue weighted by Gasteiger charge is -2.15. The number of benzene rings is 2. The highest BCUT2D eigenvalue weighted by Crippen LogP contribution is 2.19. The van der Waals surface area contributed by atoms with Crippen molar-refractivity contribution in [2.45, 2.75) is 19.4 Å². The largest absolute Gasteiger partial charge is 0.361 e. The number of rotatable bonds is 7. The summed E-state index contributed by atoms with van der Waals surface area (Å²) in [6.45, 7) is 1.33. The minimum atomic E-state index is -0.723. The van der Waals surface area contributed by atoms with E-state index in [1.54, 1.807) is 6.08 Å². The number of aromatic amines is 1. The van der Waals surface area contributed by atoms with Crippen LogP contribution in [-0.4, -0.2) is 29.1 Å². The van der Waals surface area contributed by atoms with Crippen molar-refractivity contribution in [2.24, 2.45) is 0 Å². The first kappa shape index (κ1) is 19.1. The molecule has 3 aromatic rings. The number of nitrogens with one attached hydrogen (secondary N) is 3. The van der Waals surface area contributed by atoms with Crippen LogP contribution in [0.4, 0.5) is 0 Å². The highest BCUT2D eigenvalue weighted by Gasteiger charge is 2.18. The topological polar surface area (TPSA) is 91.1 Å². The smallest absolute Gasteiger partial charge is 0.268 e. The fourth-order valence-electron chi connectivity index (χ4n) is 2.98. The number of hydrogen-bond acceptors (Lipinski definition) is 3. The third kappa shape index (κ3) is 4.73. The van der Waals surface area contributed by atoms with Gasteiger partial charge in [-0.2, -0.15) is 0 Å². The number of aromatic nitrogens is 1. The second-order valence-corrected chi connectivity index (χ2v) is 6.43. The Labute approximate surface area is 162 Å². The molecule has 0 saturated heterocycles. The van der Waals surface area contributed by atoms with Crippen LogP contribution in [0.3, 0.4) is 0 Å². The maximum absolute atomic E-state index is 12.7. The van der Waals surface area contributed by atoms with Gasteiger partial charge in [-0.15, -0.1) is 0 Å². The molecule has 3 rings (SSSR count). The van der Waals surface area contributed by atoms with Gasteiger partial charge < -0.3 is 20.4 Å². The van der Waals surface area contributed by atoms with Crippen molar-refractivity contribution in [1.82, 2.24) is 15.6 Å². The Morgan fingerprint density at radius 2 is 1.79 bits per heavy atom. The van der Waals surface area contributed by atoms with E-state index in [1.165, 1.54) is 6.92 Å². The number of amides is 2. The molecule has 6 nitrogen and oxygen atoms in total. The molecule has 0 bridgehead atoms. The van der Waals surface area contributed by atoms with Gasteiger partial charge in [0.1, 0.15) is 12.0 Å². The maximum atomic E-state index is 12.7. The number of aldehydes is 1. The number of hydrogen-bond donors (Lipinski definition) is 3. The zero-order valence-corrected chi connectivity index (χ0v) is 15.4. The quantitative estimate of drug-likeness (QED) is 0.438. The normalized spacial score (nSPS) is 12.4. The Morgan fingerprint density at radius 1 is 1.07 bits per heavy atom. The molecule has 3 N–H and O–H groups in total. The molecule has 2 aromatic carbocycles. The Bertz CT molecular complexity index is 1020. The molecule has 1 aromatic heterocycles. The Hall–Kier alpha value is -3.67. The molecule has 28 heavy (non-hydrogen) atoms. The van der Waals surface area contributed by atoms with Crippen molar-refractivity contribution in [1.29, 1.82) is 0 Å². The predicted octanol–water partition coefficient (Wildman–Crippen LogP) is 2.57. The number of fused-ring (bicyclic) bond motifs is 1. The highest BCUT2D eigenvalue weighted by atomic mass is 16.2. The monoisotopic (exact) mass is 375 g/mol. The van der Waals surface area contributed by atoms with Crippen LogP contribution in [0.25, 0.3) is 17.0 Å². The van der Waals surface area contributed by atoms with Gasteiger partial charge in [0.25, 0.3) is 5.91 Å². The first-order valence-corrected chi connectivity index (χ1v) is 8.92. The average molecular weight is 375 g/mol. The third-order valence-corrected chi connectivity index (χ3v) is 4.26. The van der Waals surface area contributed by atoms with Gasteiger partial charge in [0, 0.05) is 30.4 Å². The molecule has 142 valence electrons. The van der Waals surface area contributed by atoms with Crippen molar-refractivity contribution in [3.63, 3.8) is 0 Å².